The zero-order valence-electron chi connectivity index (χ0n) is 13.8. The van der Waals surface area contributed by atoms with Gasteiger partial charge in [0.15, 0.2) is 0 Å². The van der Waals surface area contributed by atoms with Crippen molar-refractivity contribution < 1.29 is 0 Å². The largest absolute Gasteiger partial charge is 0.315 e. The van der Waals surface area contributed by atoms with Crippen LogP contribution < -0.4 is 5.32 Å². The van der Waals surface area contributed by atoms with Gasteiger partial charge in [0.2, 0.25) is 0 Å². The molecule has 0 spiro atoms. The smallest absolute Gasteiger partial charge is 0.0107 e. The summed E-state index contributed by atoms with van der Waals surface area (Å²) in [7, 11) is 0. The monoisotopic (exact) mass is 270 g/mol. The Labute approximate surface area is 122 Å². The van der Waals surface area contributed by atoms with E-state index in [1.807, 2.05) is 0 Å². The minimum absolute atomic E-state index is 1.16. The summed E-state index contributed by atoms with van der Waals surface area (Å²) in [4.78, 5) is 2.53. The second-order valence-electron chi connectivity index (χ2n) is 5.66. The van der Waals surface area contributed by atoms with Crippen molar-refractivity contribution in [2.75, 3.05) is 32.7 Å². The van der Waals surface area contributed by atoms with Crippen LogP contribution in [0.4, 0.5) is 0 Å². The van der Waals surface area contributed by atoms with E-state index in [1.165, 1.54) is 84.0 Å². The highest BCUT2D eigenvalue weighted by Gasteiger charge is 1.99. The normalized spacial score (nSPS) is 11.4. The Morgan fingerprint density at radius 1 is 0.632 bits per heavy atom. The quantitative estimate of drug-likeness (QED) is 0.442. The third-order valence-electron chi connectivity index (χ3n) is 3.80. The molecule has 0 saturated heterocycles. The molecule has 0 unspecified atom stereocenters. The summed E-state index contributed by atoms with van der Waals surface area (Å²) in [6.45, 7) is 12.8. The number of unbranched alkanes of at least 4 members (excludes halogenated alkanes) is 7. The summed E-state index contributed by atoms with van der Waals surface area (Å²) in [6, 6.07) is 0. The number of hydrogen-bond acceptors (Lipinski definition) is 2. The highest BCUT2D eigenvalue weighted by Crippen LogP contribution is 2.07. The SMILES string of the molecule is CCCCCCCCCCNCCN(CC)CCC. The van der Waals surface area contributed by atoms with E-state index in [0.717, 1.165) is 6.54 Å². The third-order valence-corrected chi connectivity index (χ3v) is 3.80. The lowest BCUT2D eigenvalue weighted by Gasteiger charge is -2.19. The van der Waals surface area contributed by atoms with Crippen molar-refractivity contribution in [1.82, 2.24) is 10.2 Å². The van der Waals surface area contributed by atoms with Crippen molar-refractivity contribution in [3.63, 3.8) is 0 Å². The molecule has 2 nitrogen and oxygen atoms in total. The van der Waals surface area contributed by atoms with Gasteiger partial charge in [0.1, 0.15) is 0 Å². The Bertz CT molecular complexity index is 159. The predicted octanol–water partition coefficient (Wildman–Crippen LogP) is 4.45. The van der Waals surface area contributed by atoms with E-state index < -0.39 is 0 Å². The second kappa shape index (κ2) is 16.0. The minimum Gasteiger partial charge on any atom is -0.315 e. The second-order valence-corrected chi connectivity index (χ2v) is 5.66. The molecule has 0 atom stereocenters. The van der Waals surface area contributed by atoms with E-state index in [2.05, 4.69) is 31.0 Å². The van der Waals surface area contributed by atoms with Crippen LogP contribution in [0.1, 0.15) is 78.6 Å². The Hall–Kier alpha value is -0.0800. The van der Waals surface area contributed by atoms with Gasteiger partial charge in [0, 0.05) is 13.1 Å². The van der Waals surface area contributed by atoms with E-state index in [9.17, 15) is 0 Å². The highest BCUT2D eigenvalue weighted by atomic mass is 15.1. The molecule has 1 N–H and O–H groups in total. The summed E-state index contributed by atoms with van der Waals surface area (Å²) >= 11 is 0. The summed E-state index contributed by atoms with van der Waals surface area (Å²) in [5.74, 6) is 0. The van der Waals surface area contributed by atoms with Crippen molar-refractivity contribution in [2.24, 2.45) is 0 Å². The van der Waals surface area contributed by atoms with Crippen LogP contribution in [0, 0.1) is 0 Å². The van der Waals surface area contributed by atoms with Crippen LogP contribution in [0.15, 0.2) is 0 Å². The lowest BCUT2D eigenvalue weighted by molar-refractivity contribution is 0.287. The van der Waals surface area contributed by atoms with Crippen LogP contribution in [-0.4, -0.2) is 37.6 Å². The van der Waals surface area contributed by atoms with Gasteiger partial charge in [-0.05, 0) is 32.5 Å². The molecule has 0 radical (unpaired) electrons. The lowest BCUT2D eigenvalue weighted by Crippen LogP contribution is -2.32. The van der Waals surface area contributed by atoms with Crippen LogP contribution in [0.2, 0.25) is 0 Å². The molecule has 0 fully saturated rings. The topological polar surface area (TPSA) is 15.3 Å². The van der Waals surface area contributed by atoms with Crippen molar-refractivity contribution in [2.45, 2.75) is 78.6 Å². The van der Waals surface area contributed by atoms with Crippen LogP contribution >= 0.6 is 0 Å². The van der Waals surface area contributed by atoms with Gasteiger partial charge in [-0.1, -0.05) is 65.7 Å². The fourth-order valence-electron chi connectivity index (χ4n) is 2.49. The maximum atomic E-state index is 3.58. The highest BCUT2D eigenvalue weighted by molar-refractivity contribution is 4.57. The predicted molar refractivity (Wildman–Crippen MR) is 87.9 cm³/mol. The summed E-state index contributed by atoms with van der Waals surface area (Å²) in [5, 5.41) is 3.58. The zero-order valence-corrected chi connectivity index (χ0v) is 13.8. The minimum atomic E-state index is 1.16. The molecule has 0 amide bonds. The summed E-state index contributed by atoms with van der Waals surface area (Å²) in [6.07, 6.45) is 12.6. The van der Waals surface area contributed by atoms with Gasteiger partial charge < -0.3 is 10.2 Å². The molecule has 2 heteroatoms. The van der Waals surface area contributed by atoms with Gasteiger partial charge in [-0.2, -0.15) is 0 Å². The Kier molecular flexibility index (Phi) is 15.9. The van der Waals surface area contributed by atoms with E-state index >= 15 is 0 Å². The first-order valence-electron chi connectivity index (χ1n) is 8.78. The van der Waals surface area contributed by atoms with E-state index in [1.54, 1.807) is 0 Å². The maximum Gasteiger partial charge on any atom is 0.0107 e. The molecule has 0 heterocycles. The lowest BCUT2D eigenvalue weighted by atomic mass is 10.1. The molecule has 0 aliphatic rings. The number of likely N-dealkylation sites (N-methyl/N-ethyl adjacent to an activating group) is 1. The molecule has 0 aromatic rings. The van der Waals surface area contributed by atoms with E-state index in [-0.39, 0.29) is 0 Å². The first-order chi connectivity index (χ1) is 9.35. The van der Waals surface area contributed by atoms with Crippen LogP contribution in [0.5, 0.6) is 0 Å². The molecule has 0 rings (SSSR count). The average molecular weight is 271 g/mol. The van der Waals surface area contributed by atoms with Gasteiger partial charge >= 0.3 is 0 Å². The zero-order chi connectivity index (χ0) is 14.2. The Morgan fingerprint density at radius 2 is 1.26 bits per heavy atom. The molecule has 116 valence electrons. The first kappa shape index (κ1) is 18.9. The summed E-state index contributed by atoms with van der Waals surface area (Å²) < 4.78 is 0. The van der Waals surface area contributed by atoms with Crippen molar-refractivity contribution in [3.8, 4) is 0 Å². The third kappa shape index (κ3) is 14.1. The maximum absolute atomic E-state index is 3.58. The van der Waals surface area contributed by atoms with Gasteiger partial charge in [-0.3, -0.25) is 0 Å². The number of nitrogens with zero attached hydrogens (tertiary/aromatic N) is 1. The Balaban J connectivity index is 3.09. The molecule has 0 bridgehead atoms. The fourth-order valence-corrected chi connectivity index (χ4v) is 2.49. The molecule has 19 heavy (non-hydrogen) atoms. The molecular weight excluding hydrogens is 232 g/mol. The molecule has 0 aliphatic carbocycles. The number of hydrogen-bond donors (Lipinski definition) is 1. The Morgan fingerprint density at radius 3 is 1.84 bits per heavy atom. The van der Waals surface area contributed by atoms with Gasteiger partial charge in [0.05, 0.1) is 0 Å². The molecule has 0 saturated carbocycles. The van der Waals surface area contributed by atoms with Gasteiger partial charge in [-0.15, -0.1) is 0 Å². The molecule has 0 aliphatic heterocycles. The number of nitrogens with one attached hydrogen (secondary N) is 1. The molecule has 0 aromatic carbocycles. The first-order valence-corrected chi connectivity index (χ1v) is 8.78. The average Bonchev–Trinajstić information content (AvgIpc) is 2.43. The fraction of sp³-hybridized carbons (Fsp3) is 1.00. The van der Waals surface area contributed by atoms with Gasteiger partial charge in [-0.25, -0.2) is 0 Å². The van der Waals surface area contributed by atoms with Crippen LogP contribution in [-0.2, 0) is 0 Å². The summed E-state index contributed by atoms with van der Waals surface area (Å²) in [5.41, 5.74) is 0. The van der Waals surface area contributed by atoms with Crippen LogP contribution in [0.25, 0.3) is 0 Å². The van der Waals surface area contributed by atoms with E-state index in [4.69, 9.17) is 0 Å². The van der Waals surface area contributed by atoms with Crippen molar-refractivity contribution >= 4 is 0 Å². The molecular formula is C17H38N2. The van der Waals surface area contributed by atoms with Crippen molar-refractivity contribution in [3.05, 3.63) is 0 Å². The van der Waals surface area contributed by atoms with Gasteiger partial charge in [0.25, 0.3) is 0 Å². The van der Waals surface area contributed by atoms with Crippen molar-refractivity contribution in [1.29, 1.82) is 0 Å². The standard InChI is InChI=1S/C17H38N2/c1-4-7-8-9-10-11-12-13-14-18-15-17-19(6-3)16-5-2/h18H,4-17H2,1-3H3. The molecule has 0 aromatic heterocycles. The van der Waals surface area contributed by atoms with E-state index in [0.29, 0.717) is 0 Å². The van der Waals surface area contributed by atoms with Crippen LogP contribution in [0.3, 0.4) is 0 Å². The number of rotatable bonds is 15.